The Labute approximate surface area is 97.7 Å². The smallest absolute Gasteiger partial charge is 0.326 e. The maximum absolute atomic E-state index is 11.3. The van der Waals surface area contributed by atoms with Gasteiger partial charge in [0, 0.05) is 14.0 Å². The van der Waals surface area contributed by atoms with Gasteiger partial charge in [0.1, 0.15) is 6.04 Å². The number of nitrogens with two attached hydrogens (primary N) is 1. The maximum atomic E-state index is 11.3. The number of likely N-dealkylation sites (N-methyl/N-ethyl adjacent to an activating group) is 1. The lowest BCUT2D eigenvalue weighted by Gasteiger charge is -2.17. The van der Waals surface area contributed by atoms with Crippen LogP contribution in [0.1, 0.15) is 13.3 Å². The highest BCUT2D eigenvalue weighted by Gasteiger charge is 2.22. The first kappa shape index (κ1) is 14.9. The highest BCUT2D eigenvalue weighted by atomic mass is 16.4. The van der Waals surface area contributed by atoms with Crippen LogP contribution in [0.15, 0.2) is 0 Å². The summed E-state index contributed by atoms with van der Waals surface area (Å²) in [5, 5.41) is 10.8. The van der Waals surface area contributed by atoms with Crippen molar-refractivity contribution in [1.82, 2.24) is 10.2 Å². The molecule has 0 fully saturated rings. The Morgan fingerprint density at radius 3 is 2.24 bits per heavy atom. The monoisotopic (exact) mass is 245 g/mol. The van der Waals surface area contributed by atoms with Crippen LogP contribution in [-0.4, -0.2) is 53.3 Å². The summed E-state index contributed by atoms with van der Waals surface area (Å²) < 4.78 is 0. The average Bonchev–Trinajstić information content (AvgIpc) is 2.15. The van der Waals surface area contributed by atoms with Gasteiger partial charge in [-0.15, -0.1) is 0 Å². The Hall–Kier alpha value is -2.12. The first-order chi connectivity index (χ1) is 7.73. The van der Waals surface area contributed by atoms with Gasteiger partial charge in [-0.3, -0.25) is 14.4 Å². The Bertz CT molecular complexity index is 342. The van der Waals surface area contributed by atoms with Gasteiger partial charge in [-0.1, -0.05) is 0 Å². The molecule has 0 aliphatic rings. The van der Waals surface area contributed by atoms with Gasteiger partial charge in [0.2, 0.25) is 17.7 Å². The first-order valence-corrected chi connectivity index (χ1v) is 4.76. The third-order valence-electron chi connectivity index (χ3n) is 1.96. The molecule has 0 aliphatic carbocycles. The fraction of sp³-hybridized carbons (Fsp3) is 0.556. The van der Waals surface area contributed by atoms with Crippen molar-refractivity contribution in [2.45, 2.75) is 19.4 Å². The number of nitrogens with zero attached hydrogens (tertiary/aromatic N) is 1. The minimum absolute atomic E-state index is 0.280. The SMILES string of the molecule is CC(=O)N(C)CC(=O)NC(CC(N)=O)C(=O)O. The van der Waals surface area contributed by atoms with Gasteiger partial charge in [-0.25, -0.2) is 4.79 Å². The summed E-state index contributed by atoms with van der Waals surface area (Å²) in [7, 11) is 1.39. The van der Waals surface area contributed by atoms with Crippen LogP contribution in [0.25, 0.3) is 0 Å². The van der Waals surface area contributed by atoms with Crippen molar-refractivity contribution in [3.8, 4) is 0 Å². The van der Waals surface area contributed by atoms with Crippen molar-refractivity contribution in [2.75, 3.05) is 13.6 Å². The quantitative estimate of drug-likeness (QED) is 0.494. The maximum Gasteiger partial charge on any atom is 0.326 e. The standard InChI is InChI=1S/C9H15N3O5/c1-5(13)12(2)4-8(15)11-6(9(16)17)3-7(10)14/h6H,3-4H2,1-2H3,(H2,10,14)(H,11,15)(H,16,17). The summed E-state index contributed by atoms with van der Waals surface area (Å²) in [6, 6.07) is -1.37. The molecule has 8 heteroatoms. The van der Waals surface area contributed by atoms with Crippen LogP contribution < -0.4 is 11.1 Å². The van der Waals surface area contributed by atoms with Crippen LogP contribution in [-0.2, 0) is 19.2 Å². The molecule has 0 aliphatic heterocycles. The third kappa shape index (κ3) is 6.13. The fourth-order valence-electron chi connectivity index (χ4n) is 0.968. The highest BCUT2D eigenvalue weighted by molar-refractivity contribution is 5.90. The molecule has 0 radical (unpaired) electrons. The van der Waals surface area contributed by atoms with Gasteiger partial charge in [-0.2, -0.15) is 0 Å². The van der Waals surface area contributed by atoms with Crippen molar-refractivity contribution in [3.05, 3.63) is 0 Å². The van der Waals surface area contributed by atoms with E-state index in [1.807, 2.05) is 0 Å². The molecule has 0 bridgehead atoms. The molecule has 17 heavy (non-hydrogen) atoms. The van der Waals surface area contributed by atoms with E-state index in [2.05, 4.69) is 5.32 Å². The van der Waals surface area contributed by atoms with E-state index in [-0.39, 0.29) is 12.5 Å². The third-order valence-corrected chi connectivity index (χ3v) is 1.96. The molecule has 0 saturated carbocycles. The molecule has 0 heterocycles. The van der Waals surface area contributed by atoms with Crippen LogP contribution in [0.3, 0.4) is 0 Å². The van der Waals surface area contributed by atoms with Crippen molar-refractivity contribution in [1.29, 1.82) is 0 Å². The van der Waals surface area contributed by atoms with Gasteiger partial charge in [-0.05, 0) is 0 Å². The molecule has 4 N–H and O–H groups in total. The number of amides is 3. The normalized spacial score (nSPS) is 11.4. The zero-order chi connectivity index (χ0) is 13.6. The fourth-order valence-corrected chi connectivity index (χ4v) is 0.968. The van der Waals surface area contributed by atoms with Crippen LogP contribution in [0.4, 0.5) is 0 Å². The molecule has 8 nitrogen and oxygen atoms in total. The number of primary amides is 1. The summed E-state index contributed by atoms with van der Waals surface area (Å²) in [5.41, 5.74) is 4.84. The second-order valence-corrected chi connectivity index (χ2v) is 3.50. The summed E-state index contributed by atoms with van der Waals surface area (Å²) in [6.07, 6.45) is -0.495. The van der Waals surface area contributed by atoms with E-state index in [0.717, 1.165) is 4.90 Å². The van der Waals surface area contributed by atoms with Crippen molar-refractivity contribution < 1.29 is 24.3 Å². The van der Waals surface area contributed by atoms with Gasteiger partial charge >= 0.3 is 5.97 Å². The molecule has 96 valence electrons. The molecular formula is C9H15N3O5. The number of hydrogen-bond donors (Lipinski definition) is 3. The molecule has 0 aromatic heterocycles. The van der Waals surface area contributed by atoms with Gasteiger partial charge in [0.15, 0.2) is 0 Å². The van der Waals surface area contributed by atoms with Crippen LogP contribution >= 0.6 is 0 Å². The predicted molar refractivity (Wildman–Crippen MR) is 56.7 cm³/mol. The largest absolute Gasteiger partial charge is 0.480 e. The predicted octanol–water partition coefficient (Wildman–Crippen LogP) is -2.09. The molecule has 0 aromatic rings. The van der Waals surface area contributed by atoms with Crippen molar-refractivity contribution >= 4 is 23.7 Å². The van der Waals surface area contributed by atoms with E-state index in [1.54, 1.807) is 0 Å². The summed E-state index contributed by atoms with van der Waals surface area (Å²) in [6.45, 7) is 0.989. The van der Waals surface area contributed by atoms with Crippen LogP contribution in [0.5, 0.6) is 0 Å². The van der Waals surface area contributed by atoms with E-state index >= 15 is 0 Å². The zero-order valence-corrected chi connectivity index (χ0v) is 9.60. The van der Waals surface area contributed by atoms with E-state index in [1.165, 1.54) is 14.0 Å². The number of carbonyl (C=O) groups is 4. The van der Waals surface area contributed by atoms with E-state index in [9.17, 15) is 19.2 Å². The lowest BCUT2D eigenvalue weighted by Crippen LogP contribution is -2.47. The molecule has 3 amide bonds. The number of hydrogen-bond acceptors (Lipinski definition) is 4. The molecule has 1 atom stereocenters. The topological polar surface area (TPSA) is 130 Å². The minimum atomic E-state index is -1.37. The first-order valence-electron chi connectivity index (χ1n) is 4.76. The molecule has 0 spiro atoms. The molecular weight excluding hydrogens is 230 g/mol. The Kier molecular flexibility index (Phi) is 5.65. The van der Waals surface area contributed by atoms with Crippen LogP contribution in [0.2, 0.25) is 0 Å². The second-order valence-electron chi connectivity index (χ2n) is 3.50. The number of carboxylic acids is 1. The van der Waals surface area contributed by atoms with Crippen LogP contribution in [0, 0.1) is 0 Å². The molecule has 0 saturated heterocycles. The number of nitrogens with one attached hydrogen (secondary N) is 1. The molecule has 1 unspecified atom stereocenters. The number of carbonyl (C=O) groups excluding carboxylic acids is 3. The summed E-state index contributed by atoms with van der Waals surface area (Å²) in [5.74, 6) is -3.20. The lowest BCUT2D eigenvalue weighted by molar-refractivity contribution is -0.143. The highest BCUT2D eigenvalue weighted by Crippen LogP contribution is 1.93. The summed E-state index contributed by atoms with van der Waals surface area (Å²) in [4.78, 5) is 44.5. The Morgan fingerprint density at radius 1 is 1.35 bits per heavy atom. The number of carboxylic acid groups (broad SMARTS) is 1. The zero-order valence-electron chi connectivity index (χ0n) is 9.60. The molecule has 0 rings (SSSR count). The van der Waals surface area contributed by atoms with E-state index < -0.39 is 30.2 Å². The minimum Gasteiger partial charge on any atom is -0.480 e. The second kappa shape index (κ2) is 6.46. The Morgan fingerprint density at radius 2 is 1.88 bits per heavy atom. The van der Waals surface area contributed by atoms with E-state index in [0.29, 0.717) is 0 Å². The van der Waals surface area contributed by atoms with E-state index in [4.69, 9.17) is 10.8 Å². The number of aliphatic carboxylic acids is 1. The van der Waals surface area contributed by atoms with Crippen molar-refractivity contribution in [2.24, 2.45) is 5.73 Å². The Balaban J connectivity index is 4.36. The average molecular weight is 245 g/mol. The molecule has 0 aromatic carbocycles. The summed E-state index contributed by atoms with van der Waals surface area (Å²) >= 11 is 0. The van der Waals surface area contributed by atoms with Gasteiger partial charge < -0.3 is 21.1 Å². The van der Waals surface area contributed by atoms with Gasteiger partial charge in [0.05, 0.1) is 13.0 Å². The lowest BCUT2D eigenvalue weighted by atomic mass is 10.2. The number of rotatable bonds is 6. The van der Waals surface area contributed by atoms with Crippen molar-refractivity contribution in [3.63, 3.8) is 0 Å². The van der Waals surface area contributed by atoms with Gasteiger partial charge in [0.25, 0.3) is 0 Å².